The van der Waals surface area contributed by atoms with E-state index in [1.54, 1.807) is 11.9 Å². The number of fused-ring (bicyclic) bond motifs is 1. The molecule has 2 aromatic carbocycles. The summed E-state index contributed by atoms with van der Waals surface area (Å²) in [5.74, 6) is 1.94. The SMILES string of the molecule is CN(C)CCCOc1ccc(SNCCc2nc3ccccc3[nH]2)cc1. The van der Waals surface area contributed by atoms with Crippen LogP contribution in [0.5, 0.6) is 5.75 Å². The molecule has 0 aliphatic carbocycles. The summed E-state index contributed by atoms with van der Waals surface area (Å²) in [7, 11) is 4.15. The van der Waals surface area contributed by atoms with Crippen molar-refractivity contribution in [1.29, 1.82) is 0 Å². The van der Waals surface area contributed by atoms with Gasteiger partial charge in [-0.2, -0.15) is 0 Å². The van der Waals surface area contributed by atoms with E-state index in [0.717, 1.165) is 55.1 Å². The van der Waals surface area contributed by atoms with Gasteiger partial charge in [0.2, 0.25) is 0 Å². The van der Waals surface area contributed by atoms with Crippen molar-refractivity contribution in [3.05, 3.63) is 54.4 Å². The van der Waals surface area contributed by atoms with Crippen molar-refractivity contribution < 1.29 is 4.74 Å². The van der Waals surface area contributed by atoms with Crippen molar-refractivity contribution in [1.82, 2.24) is 19.6 Å². The summed E-state index contributed by atoms with van der Waals surface area (Å²) in [6.07, 6.45) is 1.90. The smallest absolute Gasteiger partial charge is 0.119 e. The standard InChI is InChI=1S/C20H26N4OS/c1-24(2)14-5-15-25-16-8-10-17(11-9-16)26-21-13-12-20-22-18-6-3-4-7-19(18)23-20/h3-4,6-11,21H,5,12-15H2,1-2H3,(H,22,23). The van der Waals surface area contributed by atoms with Crippen molar-refractivity contribution in [3.63, 3.8) is 0 Å². The minimum absolute atomic E-state index is 0.750. The number of hydrogen-bond donors (Lipinski definition) is 2. The van der Waals surface area contributed by atoms with Gasteiger partial charge in [-0.25, -0.2) is 4.98 Å². The summed E-state index contributed by atoms with van der Waals surface area (Å²) in [4.78, 5) is 11.3. The number of para-hydroxylation sites is 2. The van der Waals surface area contributed by atoms with E-state index < -0.39 is 0 Å². The summed E-state index contributed by atoms with van der Waals surface area (Å²) in [5.41, 5.74) is 2.12. The van der Waals surface area contributed by atoms with Gasteiger partial charge < -0.3 is 14.6 Å². The van der Waals surface area contributed by atoms with Crippen molar-refractivity contribution in [3.8, 4) is 5.75 Å². The molecule has 26 heavy (non-hydrogen) atoms. The molecule has 0 saturated carbocycles. The second-order valence-corrected chi connectivity index (χ2v) is 7.39. The highest BCUT2D eigenvalue weighted by Crippen LogP contribution is 2.19. The topological polar surface area (TPSA) is 53.2 Å². The predicted octanol–water partition coefficient (Wildman–Crippen LogP) is 3.73. The van der Waals surface area contributed by atoms with E-state index >= 15 is 0 Å². The number of rotatable bonds is 10. The van der Waals surface area contributed by atoms with Gasteiger partial charge in [-0.1, -0.05) is 12.1 Å². The number of imidazole rings is 1. The number of hydrogen-bond acceptors (Lipinski definition) is 5. The molecule has 0 atom stereocenters. The van der Waals surface area contributed by atoms with Crippen LogP contribution in [0.2, 0.25) is 0 Å². The average Bonchev–Trinajstić information content (AvgIpc) is 3.06. The molecule has 1 aromatic heterocycles. The lowest BCUT2D eigenvalue weighted by molar-refractivity contribution is 0.281. The molecule has 0 spiro atoms. The summed E-state index contributed by atoms with van der Waals surface area (Å²) >= 11 is 1.63. The first-order chi connectivity index (χ1) is 12.7. The number of aromatic amines is 1. The van der Waals surface area contributed by atoms with Crippen molar-refractivity contribution in [2.75, 3.05) is 33.8 Å². The Balaban J connectivity index is 1.36. The predicted molar refractivity (Wildman–Crippen MR) is 109 cm³/mol. The molecular weight excluding hydrogens is 344 g/mol. The lowest BCUT2D eigenvalue weighted by atomic mass is 10.3. The van der Waals surface area contributed by atoms with Gasteiger partial charge in [-0.05, 0) is 68.9 Å². The summed E-state index contributed by atoms with van der Waals surface area (Å²) in [6, 6.07) is 16.3. The van der Waals surface area contributed by atoms with Gasteiger partial charge in [-0.15, -0.1) is 0 Å². The van der Waals surface area contributed by atoms with Gasteiger partial charge in [0.05, 0.1) is 17.6 Å². The quantitative estimate of drug-likeness (QED) is 0.421. The minimum Gasteiger partial charge on any atom is -0.494 e. The van der Waals surface area contributed by atoms with Crippen molar-refractivity contribution >= 4 is 23.0 Å². The monoisotopic (exact) mass is 370 g/mol. The van der Waals surface area contributed by atoms with E-state index in [-0.39, 0.29) is 0 Å². The van der Waals surface area contributed by atoms with Gasteiger partial charge in [0.15, 0.2) is 0 Å². The molecule has 0 radical (unpaired) electrons. The molecule has 3 rings (SSSR count). The third kappa shape index (κ3) is 5.76. The highest BCUT2D eigenvalue weighted by Gasteiger charge is 2.02. The fourth-order valence-electron chi connectivity index (χ4n) is 2.60. The molecule has 3 aromatic rings. The highest BCUT2D eigenvalue weighted by molar-refractivity contribution is 7.97. The molecule has 0 saturated heterocycles. The van der Waals surface area contributed by atoms with Crippen LogP contribution in [0.15, 0.2) is 53.4 Å². The maximum Gasteiger partial charge on any atom is 0.119 e. The van der Waals surface area contributed by atoms with Crippen LogP contribution in [0.4, 0.5) is 0 Å². The number of nitrogens with zero attached hydrogens (tertiary/aromatic N) is 2. The minimum atomic E-state index is 0.750. The third-order valence-electron chi connectivity index (χ3n) is 3.93. The number of aromatic nitrogens is 2. The molecule has 6 heteroatoms. The molecule has 0 aliphatic heterocycles. The Bertz CT molecular complexity index is 768. The molecule has 0 bridgehead atoms. The highest BCUT2D eigenvalue weighted by atomic mass is 32.2. The fourth-order valence-corrected chi connectivity index (χ4v) is 3.25. The van der Waals surface area contributed by atoms with Crippen LogP contribution in [-0.2, 0) is 6.42 Å². The van der Waals surface area contributed by atoms with Crippen LogP contribution < -0.4 is 9.46 Å². The zero-order valence-electron chi connectivity index (χ0n) is 15.4. The van der Waals surface area contributed by atoms with Crippen LogP contribution in [0.25, 0.3) is 11.0 Å². The van der Waals surface area contributed by atoms with E-state index in [0.29, 0.717) is 0 Å². The average molecular weight is 371 g/mol. The molecule has 138 valence electrons. The maximum atomic E-state index is 5.75. The molecule has 5 nitrogen and oxygen atoms in total. The fraction of sp³-hybridized carbons (Fsp3) is 0.350. The van der Waals surface area contributed by atoms with E-state index in [4.69, 9.17) is 4.74 Å². The largest absolute Gasteiger partial charge is 0.494 e. The molecule has 0 fully saturated rings. The summed E-state index contributed by atoms with van der Waals surface area (Å²) < 4.78 is 9.14. The van der Waals surface area contributed by atoms with Gasteiger partial charge >= 0.3 is 0 Å². The van der Waals surface area contributed by atoms with E-state index in [1.165, 1.54) is 4.90 Å². The van der Waals surface area contributed by atoms with Gasteiger partial charge in [0.25, 0.3) is 0 Å². The Hall–Kier alpha value is -2.02. The number of benzene rings is 2. The molecule has 0 aliphatic rings. The molecule has 0 amide bonds. The van der Waals surface area contributed by atoms with Crippen LogP contribution in [0.1, 0.15) is 12.2 Å². The lowest BCUT2D eigenvalue weighted by Crippen LogP contribution is -2.15. The maximum absolute atomic E-state index is 5.75. The van der Waals surface area contributed by atoms with E-state index in [9.17, 15) is 0 Å². The van der Waals surface area contributed by atoms with Crippen LogP contribution >= 0.6 is 11.9 Å². The van der Waals surface area contributed by atoms with Crippen LogP contribution in [-0.4, -0.2) is 48.7 Å². The Morgan fingerprint density at radius 3 is 2.69 bits per heavy atom. The Morgan fingerprint density at radius 1 is 1.12 bits per heavy atom. The molecule has 1 heterocycles. The zero-order chi connectivity index (χ0) is 18.2. The Labute approximate surface area is 159 Å². The summed E-state index contributed by atoms with van der Waals surface area (Å²) in [6.45, 7) is 2.65. The van der Waals surface area contributed by atoms with Gasteiger partial charge in [0, 0.05) is 24.4 Å². The number of ether oxygens (including phenoxy) is 1. The van der Waals surface area contributed by atoms with Crippen molar-refractivity contribution in [2.24, 2.45) is 0 Å². The number of H-pyrrole nitrogens is 1. The Morgan fingerprint density at radius 2 is 1.92 bits per heavy atom. The van der Waals surface area contributed by atoms with Gasteiger partial charge in [0.1, 0.15) is 11.6 Å². The first-order valence-corrected chi connectivity index (χ1v) is 9.73. The number of nitrogens with one attached hydrogen (secondary N) is 2. The second-order valence-electron chi connectivity index (χ2n) is 6.42. The van der Waals surface area contributed by atoms with Crippen LogP contribution in [0.3, 0.4) is 0 Å². The molecular formula is C20H26N4OS. The Kier molecular flexibility index (Phi) is 6.94. The first-order valence-electron chi connectivity index (χ1n) is 8.91. The van der Waals surface area contributed by atoms with Gasteiger partial charge in [-0.3, -0.25) is 4.72 Å². The van der Waals surface area contributed by atoms with Crippen LogP contribution in [0, 0.1) is 0 Å². The molecule has 0 unspecified atom stereocenters. The third-order valence-corrected chi connectivity index (χ3v) is 4.79. The first kappa shape index (κ1) is 18.8. The second kappa shape index (κ2) is 9.62. The van der Waals surface area contributed by atoms with E-state index in [1.807, 2.05) is 30.3 Å². The zero-order valence-corrected chi connectivity index (χ0v) is 16.2. The molecule has 2 N–H and O–H groups in total. The van der Waals surface area contributed by atoms with Crippen molar-refractivity contribution in [2.45, 2.75) is 17.7 Å². The summed E-state index contributed by atoms with van der Waals surface area (Å²) in [5, 5.41) is 0. The normalized spacial score (nSPS) is 11.3. The van der Waals surface area contributed by atoms with E-state index in [2.05, 4.69) is 51.9 Å². The lowest BCUT2D eigenvalue weighted by Gasteiger charge is -2.10.